The molecule has 0 aliphatic heterocycles. The van der Waals surface area contributed by atoms with Gasteiger partial charge in [-0.1, -0.05) is 6.07 Å². The number of benzene rings is 1. The Morgan fingerprint density at radius 1 is 1.62 bits per heavy atom. The topological polar surface area (TPSA) is 35.2 Å². The highest BCUT2D eigenvalue weighted by atomic mass is 79.9. The Morgan fingerprint density at radius 3 is 2.69 bits per heavy atom. The van der Waals surface area contributed by atoms with Crippen molar-refractivity contribution in [2.24, 2.45) is 5.73 Å². The van der Waals surface area contributed by atoms with Crippen molar-refractivity contribution < 1.29 is 9.13 Å². The Morgan fingerprint density at radius 2 is 2.23 bits per heavy atom. The predicted octanol–water partition coefficient (Wildman–Crippen LogP) is 2.36. The first-order chi connectivity index (χ1) is 6.11. The van der Waals surface area contributed by atoms with Gasteiger partial charge in [0.1, 0.15) is 0 Å². The third-order valence-electron chi connectivity index (χ3n) is 1.84. The summed E-state index contributed by atoms with van der Waals surface area (Å²) < 4.78 is 19.0. The van der Waals surface area contributed by atoms with E-state index >= 15 is 0 Å². The van der Waals surface area contributed by atoms with Crippen LogP contribution in [0.5, 0.6) is 5.75 Å². The van der Waals surface area contributed by atoms with Gasteiger partial charge in [-0.3, -0.25) is 0 Å². The van der Waals surface area contributed by atoms with E-state index in [1.165, 1.54) is 7.11 Å². The van der Waals surface area contributed by atoms with Crippen LogP contribution in [0.3, 0.4) is 0 Å². The fourth-order valence-electron chi connectivity index (χ4n) is 1.14. The van der Waals surface area contributed by atoms with E-state index < -0.39 is 0 Å². The van der Waals surface area contributed by atoms with Gasteiger partial charge in [0.2, 0.25) is 0 Å². The maximum absolute atomic E-state index is 13.5. The predicted molar refractivity (Wildman–Crippen MR) is 53.3 cm³/mol. The molecule has 72 valence electrons. The number of aryl methyl sites for hydroxylation is 1. The lowest BCUT2D eigenvalue weighted by Crippen LogP contribution is -2.03. The van der Waals surface area contributed by atoms with Crippen molar-refractivity contribution in [3.63, 3.8) is 0 Å². The summed E-state index contributed by atoms with van der Waals surface area (Å²) in [4.78, 5) is 0. The van der Waals surface area contributed by atoms with E-state index in [0.717, 1.165) is 5.56 Å². The minimum atomic E-state index is -0.387. The van der Waals surface area contributed by atoms with E-state index in [0.29, 0.717) is 10.0 Å². The van der Waals surface area contributed by atoms with Gasteiger partial charge in [-0.25, -0.2) is 4.39 Å². The molecule has 0 saturated heterocycles. The molecule has 2 nitrogen and oxygen atoms in total. The lowest BCUT2D eigenvalue weighted by atomic mass is 10.1. The van der Waals surface area contributed by atoms with Crippen LogP contribution in [-0.4, -0.2) is 7.11 Å². The van der Waals surface area contributed by atoms with E-state index in [-0.39, 0.29) is 18.1 Å². The molecule has 0 radical (unpaired) electrons. The number of nitrogens with two attached hydrogens (primary N) is 1. The summed E-state index contributed by atoms with van der Waals surface area (Å²) in [5.41, 5.74) is 6.77. The summed E-state index contributed by atoms with van der Waals surface area (Å²) >= 11 is 3.25. The number of hydrogen-bond acceptors (Lipinski definition) is 2. The van der Waals surface area contributed by atoms with Crippen LogP contribution in [0.1, 0.15) is 11.1 Å². The zero-order valence-corrected chi connectivity index (χ0v) is 9.11. The first-order valence-electron chi connectivity index (χ1n) is 3.83. The normalized spacial score (nSPS) is 10.2. The van der Waals surface area contributed by atoms with Crippen LogP contribution in [0.4, 0.5) is 4.39 Å². The van der Waals surface area contributed by atoms with Crippen molar-refractivity contribution in [3.8, 4) is 5.75 Å². The summed E-state index contributed by atoms with van der Waals surface area (Å²) in [6.07, 6.45) is 0. The molecule has 0 saturated carbocycles. The second kappa shape index (κ2) is 4.07. The molecule has 0 spiro atoms. The average Bonchev–Trinajstić information content (AvgIpc) is 2.12. The van der Waals surface area contributed by atoms with E-state index in [4.69, 9.17) is 10.5 Å². The molecule has 0 aromatic heterocycles. The van der Waals surface area contributed by atoms with Crippen LogP contribution in [0.25, 0.3) is 0 Å². The van der Waals surface area contributed by atoms with Gasteiger partial charge in [0.05, 0.1) is 11.6 Å². The number of halogens is 2. The third kappa shape index (κ3) is 1.84. The van der Waals surface area contributed by atoms with E-state index in [1.54, 1.807) is 6.07 Å². The average molecular weight is 248 g/mol. The monoisotopic (exact) mass is 247 g/mol. The SMILES string of the molecule is COc1c(F)c(CN)cc(C)c1Br. The van der Waals surface area contributed by atoms with Crippen LogP contribution in [0.2, 0.25) is 0 Å². The molecule has 0 fully saturated rings. The summed E-state index contributed by atoms with van der Waals surface area (Å²) in [7, 11) is 1.43. The molecule has 0 aliphatic carbocycles. The summed E-state index contributed by atoms with van der Waals surface area (Å²) in [5, 5.41) is 0. The number of rotatable bonds is 2. The van der Waals surface area contributed by atoms with Gasteiger partial charge in [0.25, 0.3) is 0 Å². The fraction of sp³-hybridized carbons (Fsp3) is 0.333. The molecule has 13 heavy (non-hydrogen) atoms. The van der Waals surface area contributed by atoms with Crippen LogP contribution < -0.4 is 10.5 Å². The van der Waals surface area contributed by atoms with Gasteiger partial charge in [-0.05, 0) is 28.4 Å². The summed E-state index contributed by atoms with van der Waals surface area (Å²) in [5.74, 6) is -0.164. The second-order valence-corrected chi connectivity index (χ2v) is 3.51. The molecule has 0 amide bonds. The Kier molecular flexibility index (Phi) is 3.27. The quantitative estimate of drug-likeness (QED) is 0.871. The Labute approximate surface area is 85.0 Å². The van der Waals surface area contributed by atoms with Crippen molar-refractivity contribution >= 4 is 15.9 Å². The molecule has 2 N–H and O–H groups in total. The van der Waals surface area contributed by atoms with Crippen LogP contribution in [-0.2, 0) is 6.54 Å². The van der Waals surface area contributed by atoms with E-state index in [9.17, 15) is 4.39 Å². The highest BCUT2D eigenvalue weighted by molar-refractivity contribution is 9.10. The molecule has 1 aromatic rings. The molecule has 1 rings (SSSR count). The minimum absolute atomic E-state index is 0.177. The maximum Gasteiger partial charge on any atom is 0.170 e. The van der Waals surface area contributed by atoms with E-state index in [2.05, 4.69) is 15.9 Å². The number of methoxy groups -OCH3 is 1. The lowest BCUT2D eigenvalue weighted by Gasteiger charge is -2.10. The van der Waals surface area contributed by atoms with Gasteiger partial charge in [-0.2, -0.15) is 0 Å². The smallest absolute Gasteiger partial charge is 0.170 e. The molecule has 0 unspecified atom stereocenters. The fourth-order valence-corrected chi connectivity index (χ4v) is 1.59. The maximum atomic E-state index is 13.5. The molecule has 0 heterocycles. The van der Waals surface area contributed by atoms with Crippen molar-refractivity contribution in [1.29, 1.82) is 0 Å². The van der Waals surface area contributed by atoms with Gasteiger partial charge in [0, 0.05) is 12.1 Å². The van der Waals surface area contributed by atoms with E-state index in [1.807, 2.05) is 6.92 Å². The second-order valence-electron chi connectivity index (χ2n) is 2.72. The van der Waals surface area contributed by atoms with Crippen molar-refractivity contribution in [2.45, 2.75) is 13.5 Å². The molecule has 4 heteroatoms. The van der Waals surface area contributed by atoms with Gasteiger partial charge < -0.3 is 10.5 Å². The van der Waals surface area contributed by atoms with Crippen LogP contribution >= 0.6 is 15.9 Å². The molecule has 0 bridgehead atoms. The summed E-state index contributed by atoms with van der Waals surface area (Å²) in [6, 6.07) is 1.71. The summed E-state index contributed by atoms with van der Waals surface area (Å²) in [6.45, 7) is 2.04. The first-order valence-corrected chi connectivity index (χ1v) is 4.62. The Balaban J connectivity index is 3.39. The standard InChI is InChI=1S/C9H11BrFNO/c1-5-3-6(4-12)8(11)9(13-2)7(5)10/h3H,4,12H2,1-2H3. The van der Waals surface area contributed by atoms with Crippen molar-refractivity contribution in [2.75, 3.05) is 7.11 Å². The van der Waals surface area contributed by atoms with Crippen molar-refractivity contribution in [1.82, 2.24) is 0 Å². The Bertz CT molecular complexity index is 328. The van der Waals surface area contributed by atoms with Crippen LogP contribution in [0, 0.1) is 12.7 Å². The molecule has 0 atom stereocenters. The molecular formula is C9H11BrFNO. The first kappa shape index (κ1) is 10.5. The van der Waals surface area contributed by atoms with Crippen LogP contribution in [0.15, 0.2) is 10.5 Å². The van der Waals surface area contributed by atoms with Gasteiger partial charge in [-0.15, -0.1) is 0 Å². The lowest BCUT2D eigenvalue weighted by molar-refractivity contribution is 0.381. The number of hydrogen-bond donors (Lipinski definition) is 1. The zero-order chi connectivity index (χ0) is 10.0. The largest absolute Gasteiger partial charge is 0.492 e. The van der Waals surface area contributed by atoms with Crippen molar-refractivity contribution in [3.05, 3.63) is 27.5 Å². The third-order valence-corrected chi connectivity index (χ3v) is 2.83. The van der Waals surface area contributed by atoms with Gasteiger partial charge in [0.15, 0.2) is 11.6 Å². The molecule has 0 aliphatic rings. The molecular weight excluding hydrogens is 237 g/mol. The zero-order valence-electron chi connectivity index (χ0n) is 7.53. The molecule has 1 aromatic carbocycles. The number of ether oxygens (including phenoxy) is 1. The highest BCUT2D eigenvalue weighted by Gasteiger charge is 2.14. The van der Waals surface area contributed by atoms with Gasteiger partial charge >= 0.3 is 0 Å². The minimum Gasteiger partial charge on any atom is -0.492 e. The highest BCUT2D eigenvalue weighted by Crippen LogP contribution is 2.33. The Hall–Kier alpha value is -0.610.